The molecule has 8 aromatic rings. The van der Waals surface area contributed by atoms with Gasteiger partial charge in [0.15, 0.2) is 0 Å². The molecule has 0 radical (unpaired) electrons. The van der Waals surface area contributed by atoms with Crippen molar-refractivity contribution in [3.05, 3.63) is 168 Å². The molecular weight excluding hydrogens is 648 g/mol. The lowest BCUT2D eigenvalue weighted by molar-refractivity contribution is 0.0592. The highest BCUT2D eigenvalue weighted by Gasteiger charge is 2.21. The minimum atomic E-state index is -0.402. The van der Waals surface area contributed by atoms with Crippen LogP contribution in [0, 0.1) is 0 Å². The Labute approximate surface area is 300 Å². The van der Waals surface area contributed by atoms with Crippen LogP contribution in [0.5, 0.6) is 11.5 Å². The molecule has 52 heavy (non-hydrogen) atoms. The van der Waals surface area contributed by atoms with Gasteiger partial charge in [0.25, 0.3) is 0 Å². The van der Waals surface area contributed by atoms with E-state index in [-0.39, 0.29) is 13.2 Å². The highest BCUT2D eigenvalue weighted by molar-refractivity contribution is 6.10. The van der Waals surface area contributed by atoms with Crippen LogP contribution >= 0.6 is 0 Å². The highest BCUT2D eigenvalue weighted by atomic mass is 16.5. The van der Waals surface area contributed by atoms with E-state index in [2.05, 4.69) is 36.4 Å². The van der Waals surface area contributed by atoms with E-state index in [0.29, 0.717) is 22.6 Å². The van der Waals surface area contributed by atoms with Gasteiger partial charge >= 0.3 is 11.9 Å². The lowest BCUT2D eigenvalue weighted by Gasteiger charge is -2.20. The second kappa shape index (κ2) is 13.9. The zero-order valence-corrected chi connectivity index (χ0v) is 28.7. The Bertz CT molecular complexity index is 2470. The normalized spacial score (nSPS) is 11.2. The van der Waals surface area contributed by atoms with Gasteiger partial charge in [-0.15, -0.1) is 0 Å². The van der Waals surface area contributed by atoms with Gasteiger partial charge in [0.2, 0.25) is 0 Å². The summed E-state index contributed by atoms with van der Waals surface area (Å²) < 4.78 is 23.7. The van der Waals surface area contributed by atoms with Gasteiger partial charge in [-0.1, -0.05) is 109 Å². The molecule has 0 bridgehead atoms. The Morgan fingerprint density at radius 2 is 0.788 bits per heavy atom. The number of benzene rings is 8. The summed E-state index contributed by atoms with van der Waals surface area (Å²) in [5.41, 5.74) is 4.45. The Balaban J connectivity index is 1.27. The predicted octanol–water partition coefficient (Wildman–Crippen LogP) is 10.7. The predicted molar refractivity (Wildman–Crippen MR) is 206 cm³/mol. The molecule has 0 saturated carbocycles. The molecule has 0 aromatic heterocycles. The van der Waals surface area contributed by atoms with E-state index in [1.807, 2.05) is 109 Å². The number of rotatable bonds is 9. The van der Waals surface area contributed by atoms with Crippen LogP contribution in [0.4, 0.5) is 0 Å². The van der Waals surface area contributed by atoms with Crippen molar-refractivity contribution in [1.82, 2.24) is 0 Å². The molecule has 0 amide bonds. The number of ether oxygens (including phenoxy) is 4. The van der Waals surface area contributed by atoms with Crippen LogP contribution in [0.3, 0.4) is 0 Å². The largest absolute Gasteiger partial charge is 0.488 e. The molecule has 0 saturated heterocycles. The lowest BCUT2D eigenvalue weighted by Crippen LogP contribution is -2.05. The average Bonchev–Trinajstić information content (AvgIpc) is 3.20. The number of methoxy groups -OCH3 is 2. The van der Waals surface area contributed by atoms with E-state index in [1.165, 1.54) is 14.2 Å². The molecule has 0 aliphatic rings. The molecule has 0 aliphatic heterocycles. The number of hydrogen-bond donors (Lipinski definition) is 0. The van der Waals surface area contributed by atoms with Crippen molar-refractivity contribution < 1.29 is 28.5 Å². The van der Waals surface area contributed by atoms with E-state index in [1.54, 1.807) is 0 Å². The van der Waals surface area contributed by atoms with Crippen molar-refractivity contribution in [2.45, 2.75) is 13.2 Å². The second-order valence-corrected chi connectivity index (χ2v) is 12.6. The first-order valence-corrected chi connectivity index (χ1v) is 17.0. The highest BCUT2D eigenvalue weighted by Crippen LogP contribution is 2.46. The molecule has 0 N–H and O–H groups in total. The summed E-state index contributed by atoms with van der Waals surface area (Å²) in [5.74, 6) is 0.540. The van der Waals surface area contributed by atoms with Crippen molar-refractivity contribution in [1.29, 1.82) is 0 Å². The van der Waals surface area contributed by atoms with Gasteiger partial charge in [-0.25, -0.2) is 9.59 Å². The number of carbonyl (C=O) groups excluding carboxylic acids is 2. The summed E-state index contributed by atoms with van der Waals surface area (Å²) in [5, 5.41) is 7.96. The van der Waals surface area contributed by atoms with E-state index < -0.39 is 11.9 Å². The zero-order valence-electron chi connectivity index (χ0n) is 28.7. The van der Waals surface area contributed by atoms with Gasteiger partial charge in [0.1, 0.15) is 24.7 Å². The third kappa shape index (κ3) is 6.05. The molecule has 0 spiro atoms. The third-order valence-corrected chi connectivity index (χ3v) is 9.54. The van der Waals surface area contributed by atoms with E-state index >= 15 is 0 Å². The third-order valence-electron chi connectivity index (χ3n) is 9.54. The second-order valence-electron chi connectivity index (χ2n) is 12.6. The van der Waals surface area contributed by atoms with E-state index in [9.17, 15) is 9.59 Å². The Morgan fingerprint density at radius 3 is 1.19 bits per heavy atom. The summed E-state index contributed by atoms with van der Waals surface area (Å²) in [6, 6.07) is 47.9. The van der Waals surface area contributed by atoms with Crippen LogP contribution in [0.15, 0.2) is 146 Å². The van der Waals surface area contributed by atoms with Crippen LogP contribution in [0.2, 0.25) is 0 Å². The van der Waals surface area contributed by atoms with Gasteiger partial charge in [-0.05, 0) is 90.6 Å². The molecule has 0 atom stereocenters. The Kier molecular flexibility index (Phi) is 8.71. The molecule has 0 fully saturated rings. The smallest absolute Gasteiger partial charge is 0.337 e. The number of fused-ring (bicyclic) bond motifs is 4. The number of esters is 2. The van der Waals surface area contributed by atoms with Crippen molar-refractivity contribution in [3.63, 3.8) is 0 Å². The summed E-state index contributed by atoms with van der Waals surface area (Å²) in [7, 11) is 2.77. The van der Waals surface area contributed by atoms with Crippen LogP contribution in [-0.4, -0.2) is 26.2 Å². The van der Waals surface area contributed by atoms with Crippen LogP contribution in [-0.2, 0) is 22.7 Å². The first-order valence-electron chi connectivity index (χ1n) is 17.0. The molecular formula is C46H34O6. The maximum atomic E-state index is 12.6. The Morgan fingerprint density at radius 1 is 0.423 bits per heavy atom. The quantitative estimate of drug-likeness (QED) is 0.141. The molecule has 0 unspecified atom stereocenters. The van der Waals surface area contributed by atoms with Crippen molar-refractivity contribution in [3.8, 4) is 22.6 Å². The van der Waals surface area contributed by atoms with Crippen LogP contribution < -0.4 is 9.47 Å². The van der Waals surface area contributed by atoms with E-state index in [0.717, 1.165) is 65.3 Å². The fourth-order valence-corrected chi connectivity index (χ4v) is 7.06. The SMILES string of the molecule is COC(=O)c1cc(COc2ccc3ccccc3c2-c2c(OCc3cc(C(=O)OC)cc4ccccc34)ccc3ccccc23)c2ccccc2c1. The van der Waals surface area contributed by atoms with E-state index in [4.69, 9.17) is 18.9 Å². The molecule has 0 heterocycles. The molecule has 8 rings (SSSR count). The van der Waals surface area contributed by atoms with Gasteiger partial charge in [0.05, 0.1) is 25.3 Å². The van der Waals surface area contributed by atoms with Gasteiger partial charge in [-0.3, -0.25) is 0 Å². The fourth-order valence-electron chi connectivity index (χ4n) is 7.06. The fraction of sp³-hybridized carbons (Fsp3) is 0.0870. The average molecular weight is 683 g/mol. The number of hydrogen-bond acceptors (Lipinski definition) is 6. The van der Waals surface area contributed by atoms with Crippen LogP contribution in [0.1, 0.15) is 31.8 Å². The summed E-state index contributed by atoms with van der Waals surface area (Å²) in [4.78, 5) is 25.3. The number of carbonyl (C=O) groups is 2. The summed E-state index contributed by atoms with van der Waals surface area (Å²) in [6.45, 7) is 0.425. The lowest BCUT2D eigenvalue weighted by atomic mass is 9.92. The zero-order chi connectivity index (χ0) is 35.6. The molecule has 8 aromatic carbocycles. The van der Waals surface area contributed by atoms with Crippen molar-refractivity contribution >= 4 is 55.0 Å². The first kappa shape index (κ1) is 32.5. The topological polar surface area (TPSA) is 71.1 Å². The van der Waals surface area contributed by atoms with Crippen LogP contribution in [0.25, 0.3) is 54.2 Å². The Hall–Kier alpha value is -6.66. The van der Waals surface area contributed by atoms with Gasteiger partial charge in [0, 0.05) is 11.1 Å². The summed E-state index contributed by atoms with van der Waals surface area (Å²) >= 11 is 0. The van der Waals surface area contributed by atoms with Gasteiger partial charge in [-0.2, -0.15) is 0 Å². The molecule has 6 nitrogen and oxygen atoms in total. The first-order chi connectivity index (χ1) is 25.5. The minimum Gasteiger partial charge on any atom is -0.488 e. The molecule has 6 heteroatoms. The minimum absolute atomic E-state index is 0.212. The van der Waals surface area contributed by atoms with Crippen molar-refractivity contribution in [2.75, 3.05) is 14.2 Å². The maximum Gasteiger partial charge on any atom is 0.337 e. The summed E-state index contributed by atoms with van der Waals surface area (Å²) in [6.07, 6.45) is 0. The van der Waals surface area contributed by atoms with Crippen molar-refractivity contribution in [2.24, 2.45) is 0 Å². The molecule has 254 valence electrons. The molecule has 0 aliphatic carbocycles. The maximum absolute atomic E-state index is 12.6. The standard InChI is InChI=1S/C46H34O6/c1-49-45(47)33-23-31-13-5-7-15-37(31)35(25-33)27-51-41-21-19-29-11-3-9-17-39(29)43(41)44-40-18-10-4-12-30(40)20-22-42(44)52-28-36-26-34(46(48)50-2)24-32-14-6-8-16-38(32)36/h3-26H,27-28H2,1-2H3. The monoisotopic (exact) mass is 682 g/mol. The van der Waals surface area contributed by atoms with Gasteiger partial charge < -0.3 is 18.9 Å².